The second-order valence-electron chi connectivity index (χ2n) is 6.02. The Kier molecular flexibility index (Phi) is 6.43. The quantitative estimate of drug-likeness (QED) is 0.702. The summed E-state index contributed by atoms with van der Waals surface area (Å²) >= 11 is 0. The molecule has 0 heterocycles. The minimum absolute atomic E-state index is 0.550. The summed E-state index contributed by atoms with van der Waals surface area (Å²) in [4.78, 5) is 0. The molecule has 1 N–H and O–H groups in total. The van der Waals surface area contributed by atoms with Crippen LogP contribution in [0.25, 0.3) is 0 Å². The predicted octanol–water partition coefficient (Wildman–Crippen LogP) is 5.09. The Bertz CT molecular complexity index is 325. The third-order valence-electron chi connectivity index (χ3n) is 4.41. The van der Waals surface area contributed by atoms with E-state index >= 15 is 0 Å². The summed E-state index contributed by atoms with van der Waals surface area (Å²) in [5, 5.41) is 3.83. The van der Waals surface area contributed by atoms with E-state index < -0.39 is 0 Å². The fourth-order valence-electron chi connectivity index (χ4n) is 3.24. The van der Waals surface area contributed by atoms with Gasteiger partial charge in [-0.05, 0) is 37.3 Å². The number of hydrogen-bond donors (Lipinski definition) is 1. The lowest BCUT2D eigenvalue weighted by atomic mass is 9.97. The van der Waals surface area contributed by atoms with Crippen LogP contribution in [0.2, 0.25) is 0 Å². The molecule has 1 fully saturated rings. The first kappa shape index (κ1) is 14.6. The van der Waals surface area contributed by atoms with Gasteiger partial charge in [-0.1, -0.05) is 69.4 Å². The van der Waals surface area contributed by atoms with Crippen molar-refractivity contribution in [1.82, 2.24) is 5.32 Å². The van der Waals surface area contributed by atoms with Gasteiger partial charge in [0.25, 0.3) is 0 Å². The van der Waals surface area contributed by atoms with Gasteiger partial charge in [0, 0.05) is 6.04 Å². The SMILES string of the molecule is CCCC(NCC1CCCCCC1)c1ccccc1. The van der Waals surface area contributed by atoms with Gasteiger partial charge in [0.15, 0.2) is 0 Å². The van der Waals surface area contributed by atoms with E-state index in [9.17, 15) is 0 Å². The predicted molar refractivity (Wildman–Crippen MR) is 83.3 cm³/mol. The maximum atomic E-state index is 3.83. The van der Waals surface area contributed by atoms with E-state index in [2.05, 4.69) is 42.6 Å². The van der Waals surface area contributed by atoms with E-state index in [0.29, 0.717) is 6.04 Å². The van der Waals surface area contributed by atoms with Crippen LogP contribution in [-0.2, 0) is 0 Å². The molecule has 2 rings (SSSR count). The van der Waals surface area contributed by atoms with Crippen molar-refractivity contribution < 1.29 is 0 Å². The van der Waals surface area contributed by atoms with Gasteiger partial charge in [0.05, 0.1) is 0 Å². The van der Waals surface area contributed by atoms with Gasteiger partial charge in [-0.25, -0.2) is 0 Å². The largest absolute Gasteiger partial charge is 0.310 e. The standard InChI is InChI=1S/C18H29N/c1-2-10-18(17-13-8-5-9-14-17)19-15-16-11-6-3-4-7-12-16/h5,8-9,13-14,16,18-19H,2-4,6-7,10-12,15H2,1H3. The lowest BCUT2D eigenvalue weighted by Gasteiger charge is -2.22. The molecular weight excluding hydrogens is 230 g/mol. The highest BCUT2D eigenvalue weighted by atomic mass is 14.9. The van der Waals surface area contributed by atoms with E-state index in [4.69, 9.17) is 0 Å². The Balaban J connectivity index is 1.86. The lowest BCUT2D eigenvalue weighted by Crippen LogP contribution is -2.27. The van der Waals surface area contributed by atoms with E-state index in [1.54, 1.807) is 0 Å². The van der Waals surface area contributed by atoms with Crippen molar-refractivity contribution >= 4 is 0 Å². The zero-order chi connectivity index (χ0) is 13.3. The highest BCUT2D eigenvalue weighted by Gasteiger charge is 2.15. The molecule has 1 heteroatoms. The zero-order valence-electron chi connectivity index (χ0n) is 12.4. The molecule has 1 saturated carbocycles. The smallest absolute Gasteiger partial charge is 0.0320 e. The fraction of sp³-hybridized carbons (Fsp3) is 0.667. The van der Waals surface area contributed by atoms with Crippen LogP contribution in [0.3, 0.4) is 0 Å². The summed E-state index contributed by atoms with van der Waals surface area (Å²) in [6, 6.07) is 11.5. The van der Waals surface area contributed by atoms with Crippen LogP contribution in [0.4, 0.5) is 0 Å². The molecule has 1 aliphatic carbocycles. The molecule has 0 spiro atoms. The van der Waals surface area contributed by atoms with Crippen molar-refractivity contribution in [3.05, 3.63) is 35.9 Å². The minimum atomic E-state index is 0.550. The van der Waals surface area contributed by atoms with Crippen molar-refractivity contribution in [2.24, 2.45) is 5.92 Å². The molecule has 0 amide bonds. The average Bonchev–Trinajstić information content (AvgIpc) is 2.73. The molecule has 1 nitrogen and oxygen atoms in total. The van der Waals surface area contributed by atoms with Gasteiger partial charge < -0.3 is 5.32 Å². The maximum Gasteiger partial charge on any atom is 0.0320 e. The highest BCUT2D eigenvalue weighted by molar-refractivity contribution is 5.18. The van der Waals surface area contributed by atoms with Crippen molar-refractivity contribution in [3.8, 4) is 0 Å². The second-order valence-corrected chi connectivity index (χ2v) is 6.02. The summed E-state index contributed by atoms with van der Waals surface area (Å²) in [5.74, 6) is 0.908. The minimum Gasteiger partial charge on any atom is -0.310 e. The molecule has 0 aromatic heterocycles. The monoisotopic (exact) mass is 259 g/mol. The average molecular weight is 259 g/mol. The third kappa shape index (κ3) is 4.99. The summed E-state index contributed by atoms with van der Waals surface area (Å²) in [7, 11) is 0. The number of rotatable bonds is 6. The maximum absolute atomic E-state index is 3.83. The highest BCUT2D eigenvalue weighted by Crippen LogP contribution is 2.24. The fourth-order valence-corrected chi connectivity index (χ4v) is 3.24. The third-order valence-corrected chi connectivity index (χ3v) is 4.41. The molecular formula is C18H29N. The first-order chi connectivity index (χ1) is 9.40. The summed E-state index contributed by atoms with van der Waals surface area (Å²) in [5.41, 5.74) is 1.46. The van der Waals surface area contributed by atoms with E-state index in [-0.39, 0.29) is 0 Å². The second kappa shape index (κ2) is 8.37. The van der Waals surface area contributed by atoms with E-state index in [0.717, 1.165) is 5.92 Å². The Morgan fingerprint density at radius 1 is 1.05 bits per heavy atom. The first-order valence-corrected chi connectivity index (χ1v) is 8.18. The van der Waals surface area contributed by atoms with Gasteiger partial charge in [0.2, 0.25) is 0 Å². The zero-order valence-corrected chi connectivity index (χ0v) is 12.4. The molecule has 0 bridgehead atoms. The van der Waals surface area contributed by atoms with Crippen LogP contribution >= 0.6 is 0 Å². The lowest BCUT2D eigenvalue weighted by molar-refractivity contribution is 0.383. The Labute approximate surface area is 118 Å². The van der Waals surface area contributed by atoms with Gasteiger partial charge in [0.1, 0.15) is 0 Å². The van der Waals surface area contributed by atoms with Crippen LogP contribution in [0.15, 0.2) is 30.3 Å². The van der Waals surface area contributed by atoms with Crippen LogP contribution < -0.4 is 5.32 Å². The Hall–Kier alpha value is -0.820. The normalized spacial score (nSPS) is 19.0. The van der Waals surface area contributed by atoms with Crippen LogP contribution in [0, 0.1) is 5.92 Å². The number of nitrogens with one attached hydrogen (secondary N) is 1. The van der Waals surface area contributed by atoms with Crippen molar-refractivity contribution in [2.45, 2.75) is 64.3 Å². The molecule has 0 radical (unpaired) electrons. The summed E-state index contributed by atoms with van der Waals surface area (Å²) < 4.78 is 0. The van der Waals surface area contributed by atoms with Crippen molar-refractivity contribution in [3.63, 3.8) is 0 Å². The molecule has 1 aliphatic rings. The van der Waals surface area contributed by atoms with Crippen LogP contribution in [0.5, 0.6) is 0 Å². The molecule has 1 unspecified atom stereocenters. The summed E-state index contributed by atoms with van der Waals surface area (Å²) in [6.07, 6.45) is 11.1. The molecule has 0 saturated heterocycles. The van der Waals surface area contributed by atoms with Crippen LogP contribution in [-0.4, -0.2) is 6.54 Å². The topological polar surface area (TPSA) is 12.0 Å². The van der Waals surface area contributed by atoms with Crippen molar-refractivity contribution in [1.29, 1.82) is 0 Å². The molecule has 1 aromatic carbocycles. The summed E-state index contributed by atoms with van der Waals surface area (Å²) in [6.45, 7) is 3.49. The number of hydrogen-bond acceptors (Lipinski definition) is 1. The van der Waals surface area contributed by atoms with E-state index in [1.807, 2.05) is 0 Å². The van der Waals surface area contributed by atoms with Gasteiger partial charge in [-0.2, -0.15) is 0 Å². The number of benzene rings is 1. The molecule has 19 heavy (non-hydrogen) atoms. The van der Waals surface area contributed by atoms with Crippen molar-refractivity contribution in [2.75, 3.05) is 6.54 Å². The Morgan fingerprint density at radius 3 is 2.37 bits per heavy atom. The molecule has 106 valence electrons. The molecule has 1 atom stereocenters. The van der Waals surface area contributed by atoms with Gasteiger partial charge >= 0.3 is 0 Å². The van der Waals surface area contributed by atoms with Gasteiger partial charge in [-0.3, -0.25) is 0 Å². The molecule has 0 aliphatic heterocycles. The van der Waals surface area contributed by atoms with Crippen LogP contribution in [0.1, 0.15) is 69.9 Å². The van der Waals surface area contributed by atoms with Gasteiger partial charge in [-0.15, -0.1) is 0 Å². The Morgan fingerprint density at radius 2 is 1.74 bits per heavy atom. The molecule has 1 aromatic rings. The van der Waals surface area contributed by atoms with E-state index in [1.165, 1.54) is 63.5 Å². The first-order valence-electron chi connectivity index (χ1n) is 8.18.